The molecular formula is C12H15ClF3NO. The highest BCUT2D eigenvalue weighted by Crippen LogP contribution is 2.27. The first-order chi connectivity index (χ1) is 8.42. The molecule has 0 saturated carbocycles. The van der Waals surface area contributed by atoms with Crippen LogP contribution in [0.2, 0.25) is 5.02 Å². The molecule has 0 fully saturated rings. The minimum atomic E-state index is -4.36. The van der Waals surface area contributed by atoms with Crippen molar-refractivity contribution in [3.63, 3.8) is 0 Å². The molecule has 0 spiro atoms. The predicted molar refractivity (Wildman–Crippen MR) is 65.0 cm³/mol. The smallest absolute Gasteiger partial charge is 0.422 e. The molecule has 102 valence electrons. The van der Waals surface area contributed by atoms with E-state index in [2.05, 4.69) is 10.1 Å². The Balaban J connectivity index is 2.56. The summed E-state index contributed by atoms with van der Waals surface area (Å²) in [6, 6.07) is 4.76. The molecule has 0 aromatic heterocycles. The van der Waals surface area contributed by atoms with Gasteiger partial charge in [0.2, 0.25) is 0 Å². The average Bonchev–Trinajstić information content (AvgIpc) is 2.27. The second-order valence-electron chi connectivity index (χ2n) is 3.85. The van der Waals surface area contributed by atoms with E-state index < -0.39 is 12.8 Å². The van der Waals surface area contributed by atoms with Crippen molar-refractivity contribution < 1.29 is 17.9 Å². The zero-order valence-electron chi connectivity index (χ0n) is 9.98. The molecule has 0 atom stereocenters. The predicted octanol–water partition coefficient (Wildman–Crippen LogP) is 3.78. The minimum absolute atomic E-state index is 0.0493. The summed E-state index contributed by atoms with van der Waals surface area (Å²) in [7, 11) is 0. The van der Waals surface area contributed by atoms with Gasteiger partial charge in [-0.1, -0.05) is 24.6 Å². The van der Waals surface area contributed by atoms with Crippen LogP contribution in [0.15, 0.2) is 18.2 Å². The summed E-state index contributed by atoms with van der Waals surface area (Å²) in [5, 5.41) is 3.36. The number of rotatable bonds is 6. The van der Waals surface area contributed by atoms with Gasteiger partial charge in [-0.2, -0.15) is 13.2 Å². The second kappa shape index (κ2) is 6.85. The summed E-state index contributed by atoms with van der Waals surface area (Å²) >= 11 is 5.85. The number of ether oxygens (including phenoxy) is 1. The maximum Gasteiger partial charge on any atom is 0.422 e. The number of nitrogens with one attached hydrogen (secondary N) is 1. The Bertz CT molecular complexity index is 382. The highest BCUT2D eigenvalue weighted by molar-refractivity contribution is 6.32. The Morgan fingerprint density at radius 2 is 2.06 bits per heavy atom. The van der Waals surface area contributed by atoms with Crippen LogP contribution in [-0.4, -0.2) is 19.3 Å². The summed E-state index contributed by atoms with van der Waals surface area (Å²) < 4.78 is 40.5. The van der Waals surface area contributed by atoms with Crippen molar-refractivity contribution >= 4 is 11.6 Å². The highest BCUT2D eigenvalue weighted by atomic mass is 35.5. The summed E-state index contributed by atoms with van der Waals surface area (Å²) in [5.41, 5.74) is 0.910. The van der Waals surface area contributed by atoms with Crippen LogP contribution < -0.4 is 10.1 Å². The molecular weight excluding hydrogens is 267 g/mol. The molecule has 1 aromatic rings. The van der Waals surface area contributed by atoms with E-state index in [1.807, 2.05) is 6.92 Å². The zero-order chi connectivity index (χ0) is 13.6. The lowest BCUT2D eigenvalue weighted by Crippen LogP contribution is -2.19. The Morgan fingerprint density at radius 3 is 2.61 bits per heavy atom. The van der Waals surface area contributed by atoms with Crippen molar-refractivity contribution in [2.24, 2.45) is 0 Å². The van der Waals surface area contributed by atoms with Crippen molar-refractivity contribution in [2.45, 2.75) is 26.1 Å². The SMILES string of the molecule is CCCNCc1ccc(OCC(F)(F)F)c(Cl)c1. The van der Waals surface area contributed by atoms with Crippen LogP contribution >= 0.6 is 11.6 Å². The van der Waals surface area contributed by atoms with Crippen molar-refractivity contribution in [1.29, 1.82) is 0 Å². The first kappa shape index (κ1) is 15.1. The average molecular weight is 282 g/mol. The van der Waals surface area contributed by atoms with Crippen LogP contribution in [0.3, 0.4) is 0 Å². The fraction of sp³-hybridized carbons (Fsp3) is 0.500. The molecule has 0 radical (unpaired) electrons. The fourth-order valence-electron chi connectivity index (χ4n) is 1.34. The molecule has 0 amide bonds. The first-order valence-corrected chi connectivity index (χ1v) is 5.99. The molecule has 1 rings (SSSR count). The van der Waals surface area contributed by atoms with Gasteiger partial charge in [-0.15, -0.1) is 0 Å². The van der Waals surface area contributed by atoms with E-state index in [0.29, 0.717) is 6.54 Å². The van der Waals surface area contributed by atoms with Gasteiger partial charge in [0.05, 0.1) is 5.02 Å². The number of benzene rings is 1. The Kier molecular flexibility index (Phi) is 5.75. The lowest BCUT2D eigenvalue weighted by Gasteiger charge is -2.11. The number of hydrogen-bond acceptors (Lipinski definition) is 2. The van der Waals surface area contributed by atoms with Crippen LogP contribution in [0.1, 0.15) is 18.9 Å². The number of halogens is 4. The number of alkyl halides is 3. The monoisotopic (exact) mass is 281 g/mol. The zero-order valence-corrected chi connectivity index (χ0v) is 10.7. The largest absolute Gasteiger partial charge is 0.483 e. The second-order valence-corrected chi connectivity index (χ2v) is 4.25. The van der Waals surface area contributed by atoms with Crippen LogP contribution in [0.5, 0.6) is 5.75 Å². The minimum Gasteiger partial charge on any atom is -0.483 e. The molecule has 0 aliphatic heterocycles. The Morgan fingerprint density at radius 1 is 1.33 bits per heavy atom. The fourth-order valence-corrected chi connectivity index (χ4v) is 1.60. The molecule has 0 bridgehead atoms. The molecule has 1 aromatic carbocycles. The molecule has 0 unspecified atom stereocenters. The standard InChI is InChI=1S/C12H15ClF3NO/c1-2-5-17-7-9-3-4-11(10(13)6-9)18-8-12(14,15)16/h3-4,6,17H,2,5,7-8H2,1H3. The van der Waals surface area contributed by atoms with Gasteiger partial charge in [0.15, 0.2) is 6.61 Å². The van der Waals surface area contributed by atoms with Gasteiger partial charge in [-0.3, -0.25) is 0 Å². The van der Waals surface area contributed by atoms with E-state index in [1.54, 1.807) is 12.1 Å². The van der Waals surface area contributed by atoms with Crippen molar-refractivity contribution in [2.75, 3.05) is 13.2 Å². The number of hydrogen-bond donors (Lipinski definition) is 1. The topological polar surface area (TPSA) is 21.3 Å². The molecule has 0 aliphatic carbocycles. The summed E-state index contributed by atoms with van der Waals surface area (Å²) in [5.74, 6) is 0.0493. The lowest BCUT2D eigenvalue weighted by atomic mass is 10.2. The third-order valence-corrected chi connectivity index (χ3v) is 2.44. The summed E-state index contributed by atoms with van der Waals surface area (Å²) in [6.07, 6.45) is -3.34. The molecule has 0 heterocycles. The molecule has 18 heavy (non-hydrogen) atoms. The van der Waals surface area contributed by atoms with E-state index in [0.717, 1.165) is 18.5 Å². The quantitative estimate of drug-likeness (QED) is 0.801. The van der Waals surface area contributed by atoms with Gasteiger partial charge in [0.1, 0.15) is 5.75 Å². The van der Waals surface area contributed by atoms with E-state index in [1.165, 1.54) is 6.07 Å². The Labute approximate surface area is 109 Å². The van der Waals surface area contributed by atoms with E-state index in [-0.39, 0.29) is 10.8 Å². The van der Waals surface area contributed by atoms with E-state index in [4.69, 9.17) is 11.6 Å². The molecule has 2 nitrogen and oxygen atoms in total. The third-order valence-electron chi connectivity index (χ3n) is 2.14. The normalized spacial score (nSPS) is 11.6. The van der Waals surface area contributed by atoms with Gasteiger partial charge in [0, 0.05) is 6.54 Å². The van der Waals surface area contributed by atoms with Crippen molar-refractivity contribution in [3.05, 3.63) is 28.8 Å². The molecule has 0 aliphatic rings. The summed E-state index contributed by atoms with van der Waals surface area (Å²) in [6.45, 7) is 2.23. The first-order valence-electron chi connectivity index (χ1n) is 5.61. The summed E-state index contributed by atoms with van der Waals surface area (Å²) in [4.78, 5) is 0. The van der Waals surface area contributed by atoms with Gasteiger partial charge >= 0.3 is 6.18 Å². The molecule has 0 saturated heterocycles. The van der Waals surface area contributed by atoms with Crippen molar-refractivity contribution in [1.82, 2.24) is 5.32 Å². The maximum atomic E-state index is 12.0. The van der Waals surface area contributed by atoms with Crippen LogP contribution in [0.4, 0.5) is 13.2 Å². The lowest BCUT2D eigenvalue weighted by molar-refractivity contribution is -0.153. The Hall–Kier alpha value is -0.940. The van der Waals surface area contributed by atoms with E-state index >= 15 is 0 Å². The van der Waals surface area contributed by atoms with Gasteiger partial charge in [-0.25, -0.2) is 0 Å². The molecule has 1 N–H and O–H groups in total. The van der Waals surface area contributed by atoms with Crippen LogP contribution in [0, 0.1) is 0 Å². The van der Waals surface area contributed by atoms with E-state index in [9.17, 15) is 13.2 Å². The van der Waals surface area contributed by atoms with Crippen LogP contribution in [0.25, 0.3) is 0 Å². The van der Waals surface area contributed by atoms with Crippen molar-refractivity contribution in [3.8, 4) is 5.75 Å². The third kappa shape index (κ3) is 5.60. The van der Waals surface area contributed by atoms with Gasteiger partial charge in [-0.05, 0) is 30.7 Å². The maximum absolute atomic E-state index is 12.0. The highest BCUT2D eigenvalue weighted by Gasteiger charge is 2.28. The van der Waals surface area contributed by atoms with Gasteiger partial charge in [0.25, 0.3) is 0 Å². The molecule has 6 heteroatoms. The van der Waals surface area contributed by atoms with Crippen LogP contribution in [-0.2, 0) is 6.54 Å². The van der Waals surface area contributed by atoms with Gasteiger partial charge < -0.3 is 10.1 Å².